The number of benzene rings is 1. The number of hydrogen-bond acceptors (Lipinski definition) is 6. The SMILES string of the molecule is CO[C@@H]1O[C@@H](C)[C@@H]2OC(C(Cl)(Cl)Cl)=N[C@@H]2[C@H]1OC(=O)c1ccccc1. The Morgan fingerprint density at radius 2 is 1.92 bits per heavy atom. The van der Waals surface area contributed by atoms with Crippen molar-refractivity contribution in [1.29, 1.82) is 0 Å². The van der Waals surface area contributed by atoms with Crippen LogP contribution in [-0.4, -0.2) is 53.4 Å². The zero-order chi connectivity index (χ0) is 18.2. The fraction of sp³-hybridized carbons (Fsp3) is 0.500. The number of esters is 1. The summed E-state index contributed by atoms with van der Waals surface area (Å²) in [6.45, 7) is 1.79. The van der Waals surface area contributed by atoms with Crippen molar-refractivity contribution in [3.63, 3.8) is 0 Å². The van der Waals surface area contributed by atoms with Crippen molar-refractivity contribution in [3.05, 3.63) is 35.9 Å². The van der Waals surface area contributed by atoms with Crippen LogP contribution in [0.15, 0.2) is 35.3 Å². The number of ether oxygens (including phenoxy) is 4. The number of alkyl halides is 3. The van der Waals surface area contributed by atoms with E-state index >= 15 is 0 Å². The quantitative estimate of drug-likeness (QED) is 0.568. The maximum atomic E-state index is 12.4. The van der Waals surface area contributed by atoms with E-state index in [1.165, 1.54) is 7.11 Å². The van der Waals surface area contributed by atoms with Crippen molar-refractivity contribution in [3.8, 4) is 0 Å². The fourth-order valence-corrected chi connectivity index (χ4v) is 3.10. The molecule has 1 aromatic carbocycles. The minimum absolute atomic E-state index is 0.0551. The molecular weight excluding hydrogens is 393 g/mol. The largest absolute Gasteiger partial charge is 0.469 e. The molecule has 2 heterocycles. The molecule has 2 aliphatic rings. The van der Waals surface area contributed by atoms with E-state index in [4.69, 9.17) is 53.8 Å². The molecule has 0 aliphatic carbocycles. The smallest absolute Gasteiger partial charge is 0.338 e. The highest BCUT2D eigenvalue weighted by Gasteiger charge is 2.54. The summed E-state index contributed by atoms with van der Waals surface area (Å²) in [5.41, 5.74) is 0.400. The Bertz CT molecular complexity index is 663. The average molecular weight is 409 g/mol. The van der Waals surface area contributed by atoms with E-state index in [2.05, 4.69) is 4.99 Å². The summed E-state index contributed by atoms with van der Waals surface area (Å²) in [7, 11) is 1.45. The molecular formula is C16H16Cl3NO5. The first-order valence-electron chi connectivity index (χ1n) is 7.57. The number of fused-ring (bicyclic) bond motifs is 1. The highest BCUT2D eigenvalue weighted by Crippen LogP contribution is 2.38. The van der Waals surface area contributed by atoms with E-state index < -0.39 is 40.4 Å². The minimum Gasteiger partial charge on any atom is -0.469 e. The molecule has 0 unspecified atom stereocenters. The zero-order valence-corrected chi connectivity index (χ0v) is 15.7. The summed E-state index contributed by atoms with van der Waals surface area (Å²) in [5, 5.41) is 0. The lowest BCUT2D eigenvalue weighted by Gasteiger charge is -2.39. The Hall–Kier alpha value is -1.05. The molecule has 0 aromatic heterocycles. The third-order valence-corrected chi connectivity index (χ3v) is 4.48. The van der Waals surface area contributed by atoms with Crippen molar-refractivity contribution in [1.82, 2.24) is 0 Å². The van der Waals surface area contributed by atoms with Gasteiger partial charge in [-0.1, -0.05) is 53.0 Å². The summed E-state index contributed by atoms with van der Waals surface area (Å²) >= 11 is 17.6. The Morgan fingerprint density at radius 3 is 2.52 bits per heavy atom. The van der Waals surface area contributed by atoms with Crippen LogP contribution in [0.25, 0.3) is 0 Å². The highest BCUT2D eigenvalue weighted by molar-refractivity contribution is 6.76. The third kappa shape index (κ3) is 3.88. The van der Waals surface area contributed by atoms with E-state index in [1.54, 1.807) is 37.3 Å². The van der Waals surface area contributed by atoms with Crippen LogP contribution in [0.2, 0.25) is 0 Å². The second kappa shape index (κ2) is 7.29. The van der Waals surface area contributed by atoms with Crippen LogP contribution in [0.4, 0.5) is 0 Å². The molecule has 0 spiro atoms. The van der Waals surface area contributed by atoms with Crippen LogP contribution >= 0.6 is 34.8 Å². The zero-order valence-electron chi connectivity index (χ0n) is 13.4. The molecule has 6 nitrogen and oxygen atoms in total. The van der Waals surface area contributed by atoms with Gasteiger partial charge in [0.2, 0.25) is 5.90 Å². The highest BCUT2D eigenvalue weighted by atomic mass is 35.6. The molecule has 0 amide bonds. The molecule has 0 radical (unpaired) electrons. The van der Waals surface area contributed by atoms with E-state index in [0.717, 1.165) is 0 Å². The van der Waals surface area contributed by atoms with Gasteiger partial charge >= 0.3 is 5.97 Å². The average Bonchev–Trinajstić information content (AvgIpc) is 3.04. The number of carbonyl (C=O) groups is 1. The normalized spacial score (nSPS) is 31.7. The predicted octanol–water partition coefficient (Wildman–Crippen LogP) is 3.14. The number of rotatable bonds is 3. The second-order valence-electron chi connectivity index (χ2n) is 5.69. The van der Waals surface area contributed by atoms with Crippen LogP contribution in [0.1, 0.15) is 17.3 Å². The monoisotopic (exact) mass is 407 g/mol. The topological polar surface area (TPSA) is 66.3 Å². The van der Waals surface area contributed by atoms with Crippen molar-refractivity contribution in [2.45, 2.75) is 41.4 Å². The number of halogens is 3. The maximum absolute atomic E-state index is 12.4. The van der Waals surface area contributed by atoms with Gasteiger partial charge in [0, 0.05) is 7.11 Å². The van der Waals surface area contributed by atoms with E-state index in [9.17, 15) is 4.79 Å². The van der Waals surface area contributed by atoms with Gasteiger partial charge in [0.1, 0.15) is 6.04 Å². The molecule has 0 bridgehead atoms. The molecule has 1 fully saturated rings. The van der Waals surface area contributed by atoms with Crippen molar-refractivity contribution >= 4 is 46.7 Å². The van der Waals surface area contributed by atoms with Gasteiger partial charge in [-0.25, -0.2) is 9.79 Å². The summed E-state index contributed by atoms with van der Waals surface area (Å²) in [4.78, 5) is 16.7. The molecule has 25 heavy (non-hydrogen) atoms. The van der Waals surface area contributed by atoms with Gasteiger partial charge in [0.15, 0.2) is 18.5 Å². The van der Waals surface area contributed by atoms with Crippen molar-refractivity contribution in [2.75, 3.05) is 7.11 Å². The molecule has 3 rings (SSSR count). The standard InChI is InChI=1S/C16H16Cl3NO5/c1-8-11-10(20-15(25-11)16(17,18)19)12(14(22-2)23-8)24-13(21)9-6-4-3-5-7-9/h3-8,10-12,14H,1-2H3/t8-,10-,11-,12+,14+/m0/s1. The molecule has 0 saturated carbocycles. The van der Waals surface area contributed by atoms with E-state index in [0.29, 0.717) is 5.56 Å². The van der Waals surface area contributed by atoms with Crippen molar-refractivity contribution < 1.29 is 23.7 Å². The first kappa shape index (κ1) is 18.7. The fourth-order valence-electron chi connectivity index (χ4n) is 2.82. The first-order chi connectivity index (χ1) is 11.8. The Kier molecular flexibility index (Phi) is 5.46. The van der Waals surface area contributed by atoms with Gasteiger partial charge < -0.3 is 18.9 Å². The van der Waals surface area contributed by atoms with E-state index in [-0.39, 0.29) is 5.90 Å². The molecule has 0 N–H and O–H groups in total. The predicted molar refractivity (Wildman–Crippen MR) is 93.4 cm³/mol. The van der Waals surface area contributed by atoms with Gasteiger partial charge in [-0.3, -0.25) is 0 Å². The minimum atomic E-state index is -1.81. The number of methoxy groups -OCH3 is 1. The van der Waals surface area contributed by atoms with Crippen LogP contribution in [0, 0.1) is 0 Å². The second-order valence-corrected chi connectivity index (χ2v) is 7.97. The van der Waals surface area contributed by atoms with Crippen LogP contribution in [0.5, 0.6) is 0 Å². The summed E-state index contributed by atoms with van der Waals surface area (Å²) in [6, 6.07) is 7.98. The summed E-state index contributed by atoms with van der Waals surface area (Å²) < 4.78 is 20.5. The van der Waals surface area contributed by atoms with Gasteiger partial charge in [0.25, 0.3) is 3.79 Å². The third-order valence-electron chi connectivity index (χ3n) is 3.99. The van der Waals surface area contributed by atoms with Gasteiger partial charge in [-0.15, -0.1) is 0 Å². The van der Waals surface area contributed by atoms with Crippen LogP contribution < -0.4 is 0 Å². The van der Waals surface area contributed by atoms with Crippen molar-refractivity contribution in [2.24, 2.45) is 4.99 Å². The number of nitrogens with zero attached hydrogens (tertiary/aromatic N) is 1. The Balaban J connectivity index is 1.86. The Morgan fingerprint density at radius 1 is 1.24 bits per heavy atom. The van der Waals surface area contributed by atoms with Crippen LogP contribution in [-0.2, 0) is 18.9 Å². The molecule has 1 saturated heterocycles. The van der Waals surface area contributed by atoms with Gasteiger partial charge in [0.05, 0.1) is 11.7 Å². The Labute approximate surface area is 159 Å². The van der Waals surface area contributed by atoms with Gasteiger partial charge in [-0.2, -0.15) is 0 Å². The number of carbonyl (C=O) groups excluding carboxylic acids is 1. The van der Waals surface area contributed by atoms with Crippen LogP contribution in [0.3, 0.4) is 0 Å². The number of hydrogen-bond donors (Lipinski definition) is 0. The first-order valence-corrected chi connectivity index (χ1v) is 8.70. The molecule has 2 aliphatic heterocycles. The van der Waals surface area contributed by atoms with Gasteiger partial charge in [-0.05, 0) is 19.1 Å². The lowest BCUT2D eigenvalue weighted by molar-refractivity contribution is -0.250. The molecule has 136 valence electrons. The molecule has 1 aromatic rings. The lowest BCUT2D eigenvalue weighted by Crippen LogP contribution is -2.57. The maximum Gasteiger partial charge on any atom is 0.338 e. The number of aliphatic imine (C=N–C) groups is 1. The molecule has 5 atom stereocenters. The molecule has 9 heteroatoms. The summed E-state index contributed by atoms with van der Waals surface area (Å²) in [5.74, 6) is -0.581. The lowest BCUT2D eigenvalue weighted by atomic mass is 9.97. The van der Waals surface area contributed by atoms with E-state index in [1.807, 2.05) is 0 Å². The summed E-state index contributed by atoms with van der Waals surface area (Å²) in [6.07, 6.45) is -2.60.